The second-order valence-electron chi connectivity index (χ2n) is 5.71. The van der Waals surface area contributed by atoms with Gasteiger partial charge >= 0.3 is 6.03 Å². The number of anilines is 1. The molecular weight excluding hydrogens is 294 g/mol. The van der Waals surface area contributed by atoms with Crippen molar-refractivity contribution in [2.75, 3.05) is 31.5 Å². The van der Waals surface area contributed by atoms with Gasteiger partial charge in [-0.1, -0.05) is 6.42 Å². The third-order valence-corrected chi connectivity index (χ3v) is 4.08. The van der Waals surface area contributed by atoms with Crippen LogP contribution in [0.1, 0.15) is 26.2 Å². The molecule has 2 aromatic rings. The van der Waals surface area contributed by atoms with Gasteiger partial charge in [-0.15, -0.1) is 0 Å². The van der Waals surface area contributed by atoms with Crippen LogP contribution in [0.5, 0.6) is 0 Å². The van der Waals surface area contributed by atoms with Crippen LogP contribution >= 0.6 is 0 Å². The lowest BCUT2D eigenvalue weighted by molar-refractivity contribution is 0.219. The Morgan fingerprint density at radius 1 is 1.22 bits per heavy atom. The molecule has 0 aromatic carbocycles. The molecule has 0 aliphatic carbocycles. The summed E-state index contributed by atoms with van der Waals surface area (Å²) in [4.78, 5) is 22.6. The fraction of sp³-hybridized carbons (Fsp3) is 0.600. The quantitative estimate of drug-likeness (QED) is 0.871. The van der Waals surface area contributed by atoms with Gasteiger partial charge in [-0.3, -0.25) is 5.32 Å². The lowest BCUT2D eigenvalue weighted by Gasteiger charge is -2.26. The van der Waals surface area contributed by atoms with Crippen molar-refractivity contribution in [1.29, 1.82) is 0 Å². The van der Waals surface area contributed by atoms with Crippen molar-refractivity contribution in [2.24, 2.45) is 0 Å². The normalized spacial score (nSPS) is 15.7. The average Bonchev–Trinajstić information content (AvgIpc) is 2.98. The predicted octanol–water partition coefficient (Wildman–Crippen LogP) is 1.45. The molecule has 1 aliphatic rings. The van der Waals surface area contributed by atoms with Crippen molar-refractivity contribution in [2.45, 2.75) is 32.7 Å². The average molecular weight is 317 g/mol. The Labute approximate surface area is 135 Å². The first kappa shape index (κ1) is 15.7. The van der Waals surface area contributed by atoms with Crippen LogP contribution in [0.4, 0.5) is 10.6 Å². The number of hydrogen-bond donors (Lipinski definition) is 2. The minimum absolute atomic E-state index is 0.270. The van der Waals surface area contributed by atoms with Gasteiger partial charge in [-0.25, -0.2) is 19.4 Å². The van der Waals surface area contributed by atoms with Crippen molar-refractivity contribution < 1.29 is 4.79 Å². The summed E-state index contributed by atoms with van der Waals surface area (Å²) in [5.41, 5.74) is 0.754. The van der Waals surface area contributed by atoms with Crippen molar-refractivity contribution in [1.82, 2.24) is 30.0 Å². The van der Waals surface area contributed by atoms with Gasteiger partial charge in [0.1, 0.15) is 12.1 Å². The van der Waals surface area contributed by atoms with Crippen LogP contribution in [0.3, 0.4) is 0 Å². The molecule has 1 fully saturated rings. The fourth-order valence-corrected chi connectivity index (χ4v) is 2.89. The number of urea groups is 1. The minimum Gasteiger partial charge on any atom is -0.338 e. The van der Waals surface area contributed by atoms with E-state index in [0.717, 1.165) is 37.2 Å². The monoisotopic (exact) mass is 317 g/mol. The molecule has 8 nitrogen and oxygen atoms in total. The molecule has 0 atom stereocenters. The van der Waals surface area contributed by atoms with Crippen LogP contribution in [0.15, 0.2) is 12.5 Å². The number of aromatic nitrogens is 4. The van der Waals surface area contributed by atoms with E-state index in [1.165, 1.54) is 25.6 Å². The van der Waals surface area contributed by atoms with E-state index in [9.17, 15) is 4.79 Å². The number of carbonyl (C=O) groups is 1. The van der Waals surface area contributed by atoms with Crippen LogP contribution in [-0.4, -0.2) is 56.9 Å². The highest BCUT2D eigenvalue weighted by atomic mass is 16.2. The summed E-state index contributed by atoms with van der Waals surface area (Å²) in [7, 11) is 0. The van der Waals surface area contributed by atoms with E-state index in [-0.39, 0.29) is 6.03 Å². The summed E-state index contributed by atoms with van der Waals surface area (Å²) in [6.07, 6.45) is 7.07. The first-order chi connectivity index (χ1) is 11.3. The Balaban J connectivity index is 1.71. The number of nitrogens with one attached hydrogen (secondary N) is 2. The van der Waals surface area contributed by atoms with E-state index in [4.69, 9.17) is 0 Å². The first-order valence-electron chi connectivity index (χ1n) is 8.21. The lowest BCUT2D eigenvalue weighted by atomic mass is 10.1. The van der Waals surface area contributed by atoms with E-state index in [1.54, 1.807) is 6.20 Å². The standard InChI is InChI=1S/C15H23N7O/c1-2-16-15(23)20-13-12-10-19-22(14(12)18-11-17-13)9-8-21-6-4-3-5-7-21/h10-11H,2-9H2,1H3,(H2,16,17,18,20,23). The zero-order valence-electron chi connectivity index (χ0n) is 13.5. The molecule has 0 spiro atoms. The SMILES string of the molecule is CCNC(=O)Nc1ncnc2c1cnn2CCN1CCCCC1. The molecule has 2 amide bonds. The third kappa shape index (κ3) is 3.76. The summed E-state index contributed by atoms with van der Waals surface area (Å²) in [5, 5.41) is 10.6. The number of piperidine rings is 1. The molecule has 3 rings (SSSR count). The van der Waals surface area contributed by atoms with Gasteiger partial charge in [0.05, 0.1) is 18.1 Å². The third-order valence-electron chi connectivity index (χ3n) is 4.08. The number of fused-ring (bicyclic) bond motifs is 1. The maximum Gasteiger partial charge on any atom is 0.320 e. The molecule has 1 saturated heterocycles. The molecular formula is C15H23N7O. The Morgan fingerprint density at radius 3 is 2.83 bits per heavy atom. The molecule has 0 unspecified atom stereocenters. The van der Waals surface area contributed by atoms with Crippen molar-refractivity contribution >= 4 is 22.9 Å². The Kier molecular flexibility index (Phi) is 5.02. The minimum atomic E-state index is -0.270. The number of rotatable bonds is 5. The number of amides is 2. The van der Waals surface area contributed by atoms with Gasteiger partial charge < -0.3 is 10.2 Å². The molecule has 0 bridgehead atoms. The molecule has 2 N–H and O–H groups in total. The number of carbonyl (C=O) groups excluding carboxylic acids is 1. The molecule has 8 heteroatoms. The van der Waals surface area contributed by atoms with Crippen molar-refractivity contribution in [3.63, 3.8) is 0 Å². The summed E-state index contributed by atoms with van der Waals surface area (Å²) in [6.45, 7) is 6.53. The summed E-state index contributed by atoms with van der Waals surface area (Å²) in [5.74, 6) is 0.491. The Morgan fingerprint density at radius 2 is 2.04 bits per heavy atom. The summed E-state index contributed by atoms with van der Waals surface area (Å²) in [6, 6.07) is -0.270. The topological polar surface area (TPSA) is 88.0 Å². The maximum atomic E-state index is 11.7. The smallest absolute Gasteiger partial charge is 0.320 e. The van der Waals surface area contributed by atoms with Crippen LogP contribution in [-0.2, 0) is 6.54 Å². The molecule has 3 heterocycles. The second kappa shape index (κ2) is 7.36. The van der Waals surface area contributed by atoms with Crippen LogP contribution < -0.4 is 10.6 Å². The van der Waals surface area contributed by atoms with E-state index in [0.29, 0.717) is 12.4 Å². The zero-order valence-corrected chi connectivity index (χ0v) is 13.5. The van der Waals surface area contributed by atoms with Gasteiger partial charge in [0, 0.05) is 13.1 Å². The fourth-order valence-electron chi connectivity index (χ4n) is 2.89. The lowest BCUT2D eigenvalue weighted by Crippen LogP contribution is -2.32. The van der Waals surface area contributed by atoms with Gasteiger partial charge in [0.25, 0.3) is 0 Å². The van der Waals surface area contributed by atoms with Crippen molar-refractivity contribution in [3.8, 4) is 0 Å². The van der Waals surface area contributed by atoms with Crippen LogP contribution in [0.25, 0.3) is 11.0 Å². The summed E-state index contributed by atoms with van der Waals surface area (Å²) >= 11 is 0. The maximum absolute atomic E-state index is 11.7. The highest BCUT2D eigenvalue weighted by Gasteiger charge is 2.14. The number of nitrogens with zero attached hydrogens (tertiary/aromatic N) is 5. The number of hydrogen-bond acceptors (Lipinski definition) is 5. The zero-order chi connectivity index (χ0) is 16.1. The molecule has 0 radical (unpaired) electrons. The Bertz CT molecular complexity index is 663. The molecule has 2 aromatic heterocycles. The van der Waals surface area contributed by atoms with Gasteiger partial charge in [-0.2, -0.15) is 5.10 Å². The second-order valence-corrected chi connectivity index (χ2v) is 5.71. The van der Waals surface area contributed by atoms with E-state index in [1.807, 2.05) is 11.6 Å². The van der Waals surface area contributed by atoms with Gasteiger partial charge in [0.2, 0.25) is 0 Å². The predicted molar refractivity (Wildman–Crippen MR) is 88.3 cm³/mol. The van der Waals surface area contributed by atoms with E-state index in [2.05, 4.69) is 30.6 Å². The number of likely N-dealkylation sites (tertiary alicyclic amines) is 1. The first-order valence-corrected chi connectivity index (χ1v) is 8.21. The molecule has 124 valence electrons. The van der Waals surface area contributed by atoms with E-state index < -0.39 is 0 Å². The van der Waals surface area contributed by atoms with E-state index >= 15 is 0 Å². The highest BCUT2D eigenvalue weighted by Crippen LogP contribution is 2.18. The largest absolute Gasteiger partial charge is 0.338 e. The van der Waals surface area contributed by atoms with Crippen LogP contribution in [0, 0.1) is 0 Å². The molecule has 23 heavy (non-hydrogen) atoms. The van der Waals surface area contributed by atoms with Gasteiger partial charge in [0.15, 0.2) is 5.65 Å². The highest BCUT2D eigenvalue weighted by molar-refractivity contribution is 5.97. The Hall–Kier alpha value is -2.22. The van der Waals surface area contributed by atoms with Crippen molar-refractivity contribution in [3.05, 3.63) is 12.5 Å². The van der Waals surface area contributed by atoms with Crippen LogP contribution in [0.2, 0.25) is 0 Å². The van der Waals surface area contributed by atoms with Gasteiger partial charge in [-0.05, 0) is 32.9 Å². The molecule has 1 aliphatic heterocycles. The summed E-state index contributed by atoms with van der Waals surface area (Å²) < 4.78 is 1.88. The molecule has 0 saturated carbocycles.